The molecule has 1 spiro atoms. The Balaban J connectivity index is 1.96. The highest BCUT2D eigenvalue weighted by atomic mass is 31.0. The Morgan fingerprint density at radius 1 is 1.35 bits per heavy atom. The number of carbonyl (C=O) groups excluding carboxylic acids is 1. The van der Waals surface area contributed by atoms with E-state index in [2.05, 4.69) is 14.2 Å². The number of hydrogen-bond donors (Lipinski definition) is 1. The van der Waals surface area contributed by atoms with E-state index in [1.807, 2.05) is 39.5 Å². The van der Waals surface area contributed by atoms with E-state index in [4.69, 9.17) is 10.5 Å². The van der Waals surface area contributed by atoms with Crippen LogP contribution < -0.4 is 5.73 Å². The van der Waals surface area contributed by atoms with Crippen molar-refractivity contribution in [3.05, 3.63) is 11.0 Å². The van der Waals surface area contributed by atoms with Gasteiger partial charge in [-0.15, -0.1) is 0 Å². The van der Waals surface area contributed by atoms with Crippen LogP contribution in [0.2, 0.25) is 0 Å². The molecule has 1 atom stereocenters. The van der Waals surface area contributed by atoms with Crippen LogP contribution in [0.3, 0.4) is 0 Å². The van der Waals surface area contributed by atoms with Crippen molar-refractivity contribution in [3.8, 4) is 0 Å². The van der Waals surface area contributed by atoms with Gasteiger partial charge in [-0.25, -0.2) is 9.79 Å². The van der Waals surface area contributed by atoms with Gasteiger partial charge in [-0.1, -0.05) is 23.1 Å². The Hall–Kier alpha value is -1.09. The van der Waals surface area contributed by atoms with Crippen molar-refractivity contribution in [2.45, 2.75) is 59.5 Å². The summed E-state index contributed by atoms with van der Waals surface area (Å²) < 4.78 is 5.45. The van der Waals surface area contributed by atoms with Gasteiger partial charge in [0.2, 0.25) is 0 Å². The number of allylic oxidation sites excluding steroid dienone is 1. The van der Waals surface area contributed by atoms with Gasteiger partial charge >= 0.3 is 6.09 Å². The van der Waals surface area contributed by atoms with E-state index in [9.17, 15) is 4.79 Å². The number of likely N-dealkylation sites (tertiary alicyclic amines) is 1. The van der Waals surface area contributed by atoms with E-state index in [0.29, 0.717) is 5.84 Å². The summed E-state index contributed by atoms with van der Waals surface area (Å²) in [7, 11) is 2.73. The third kappa shape index (κ3) is 4.47. The number of amidine groups is 1. The lowest BCUT2D eigenvalue weighted by molar-refractivity contribution is 0.0178. The maximum absolute atomic E-state index is 12.1. The minimum Gasteiger partial charge on any atom is -0.444 e. The Bertz CT molecular complexity index is 539. The van der Waals surface area contributed by atoms with Crippen LogP contribution in [-0.2, 0) is 4.74 Å². The van der Waals surface area contributed by atoms with E-state index < -0.39 is 5.60 Å². The predicted molar refractivity (Wildman–Crippen MR) is 97.3 cm³/mol. The lowest BCUT2D eigenvalue weighted by Gasteiger charge is -2.33. The molecule has 2 fully saturated rings. The normalized spacial score (nSPS) is 23.3. The highest BCUT2D eigenvalue weighted by Gasteiger charge is 2.52. The van der Waals surface area contributed by atoms with Crippen LogP contribution in [0.15, 0.2) is 16.0 Å². The molecule has 1 amide bonds. The van der Waals surface area contributed by atoms with Crippen molar-refractivity contribution in [2.75, 3.05) is 13.1 Å². The first kappa shape index (κ1) is 18.3. The first-order valence-corrected chi connectivity index (χ1v) is 8.93. The zero-order valence-corrected chi connectivity index (χ0v) is 16.1. The second-order valence-corrected chi connectivity index (χ2v) is 8.53. The van der Waals surface area contributed by atoms with Crippen molar-refractivity contribution in [3.63, 3.8) is 0 Å². The molecule has 0 radical (unpaired) electrons. The molecular weight excluding hydrogens is 309 g/mol. The molecule has 0 aromatic rings. The molecule has 130 valence electrons. The Kier molecular flexibility index (Phi) is 5.10. The monoisotopic (exact) mass is 339 g/mol. The third-order valence-electron chi connectivity index (χ3n) is 4.55. The maximum Gasteiger partial charge on any atom is 0.410 e. The minimum atomic E-state index is -0.437. The summed E-state index contributed by atoms with van der Waals surface area (Å²) >= 11 is 0. The molecule has 0 aromatic heterocycles. The van der Waals surface area contributed by atoms with Crippen LogP contribution in [0.4, 0.5) is 4.79 Å². The van der Waals surface area contributed by atoms with Crippen molar-refractivity contribution in [2.24, 2.45) is 22.1 Å². The van der Waals surface area contributed by atoms with Crippen LogP contribution in [0.1, 0.15) is 53.9 Å². The van der Waals surface area contributed by atoms with Crippen molar-refractivity contribution >= 4 is 21.2 Å². The fourth-order valence-corrected chi connectivity index (χ4v) is 3.47. The molecule has 1 saturated heterocycles. The van der Waals surface area contributed by atoms with E-state index in [1.165, 1.54) is 5.57 Å². The molecule has 6 heteroatoms. The number of ether oxygens (including phenoxy) is 1. The second-order valence-electron chi connectivity index (χ2n) is 7.98. The number of rotatable bonds is 2. The number of nitrogens with zero attached hydrogens (tertiary/aromatic N) is 2. The molecular formula is C17H30N3O2P. The van der Waals surface area contributed by atoms with Gasteiger partial charge in [0.15, 0.2) is 0 Å². The molecule has 1 saturated carbocycles. The molecule has 0 bridgehead atoms. The quantitative estimate of drug-likeness (QED) is 0.475. The number of amides is 1. The summed E-state index contributed by atoms with van der Waals surface area (Å²) in [6.07, 6.45) is 2.84. The van der Waals surface area contributed by atoms with Gasteiger partial charge < -0.3 is 15.4 Å². The summed E-state index contributed by atoms with van der Waals surface area (Å²) in [6, 6.07) is 0. The van der Waals surface area contributed by atoms with Crippen LogP contribution in [0, 0.1) is 11.3 Å². The van der Waals surface area contributed by atoms with Crippen molar-refractivity contribution in [1.29, 1.82) is 0 Å². The summed E-state index contributed by atoms with van der Waals surface area (Å²) in [5.41, 5.74) is 8.12. The predicted octanol–water partition coefficient (Wildman–Crippen LogP) is 3.51. The molecule has 2 aliphatic rings. The molecule has 1 heterocycles. The molecule has 2 rings (SSSR count). The van der Waals surface area contributed by atoms with Gasteiger partial charge in [0.1, 0.15) is 11.4 Å². The first-order chi connectivity index (χ1) is 10.5. The fourth-order valence-electron chi connectivity index (χ4n) is 2.91. The molecule has 1 aliphatic carbocycles. The Morgan fingerprint density at radius 3 is 2.39 bits per heavy atom. The van der Waals surface area contributed by atoms with E-state index in [1.54, 1.807) is 0 Å². The van der Waals surface area contributed by atoms with Crippen molar-refractivity contribution in [1.82, 2.24) is 4.90 Å². The molecule has 0 aromatic carbocycles. The lowest BCUT2D eigenvalue weighted by atomic mass is 9.93. The average Bonchev–Trinajstić information content (AvgIpc) is 3.11. The first-order valence-electron chi connectivity index (χ1n) is 8.35. The number of aliphatic imine (C=N–C) groups is 1. The SMILES string of the molecule is CC(C)C(N)=N/C(P)=C1/CC12CCN(C(=O)OC(C)(C)C)CC2. The van der Waals surface area contributed by atoms with Gasteiger partial charge in [-0.2, -0.15) is 0 Å². The number of piperidine rings is 1. The zero-order valence-electron chi connectivity index (χ0n) is 15.0. The highest BCUT2D eigenvalue weighted by molar-refractivity contribution is 7.22. The summed E-state index contributed by atoms with van der Waals surface area (Å²) in [5, 5.41) is 0. The Labute approximate surface area is 141 Å². The van der Waals surface area contributed by atoms with Gasteiger partial charge in [0.05, 0.1) is 5.44 Å². The Morgan fingerprint density at radius 2 is 1.91 bits per heavy atom. The molecule has 1 aliphatic heterocycles. The lowest BCUT2D eigenvalue weighted by Crippen LogP contribution is -2.42. The van der Waals surface area contributed by atoms with Gasteiger partial charge in [0.25, 0.3) is 0 Å². The van der Waals surface area contributed by atoms with Crippen LogP contribution in [0.25, 0.3) is 0 Å². The molecule has 1 unspecified atom stereocenters. The number of hydrogen-bond acceptors (Lipinski definition) is 3. The van der Waals surface area contributed by atoms with E-state index in [0.717, 1.165) is 37.8 Å². The van der Waals surface area contributed by atoms with Gasteiger partial charge in [0, 0.05) is 24.4 Å². The molecule has 23 heavy (non-hydrogen) atoms. The zero-order chi connectivity index (χ0) is 17.4. The number of carbonyl (C=O) groups is 1. The van der Waals surface area contributed by atoms with Crippen LogP contribution >= 0.6 is 9.24 Å². The standard InChI is InChI=1S/C17H30N3O2P/c1-11(2)13(18)19-14(23)12-10-17(12)6-8-20(9-7-17)15(21)22-16(3,4)5/h11H,6-10,23H2,1-5H3,(H2,18,19)/b14-12+. The smallest absolute Gasteiger partial charge is 0.410 e. The van der Waals surface area contributed by atoms with Gasteiger partial charge in [-0.3, -0.25) is 0 Å². The van der Waals surface area contributed by atoms with E-state index >= 15 is 0 Å². The fraction of sp³-hybridized carbons (Fsp3) is 0.765. The largest absolute Gasteiger partial charge is 0.444 e. The van der Waals surface area contributed by atoms with Gasteiger partial charge in [-0.05, 0) is 45.6 Å². The van der Waals surface area contributed by atoms with Crippen LogP contribution in [-0.4, -0.2) is 35.5 Å². The molecule has 2 N–H and O–H groups in total. The highest BCUT2D eigenvalue weighted by Crippen LogP contribution is 2.61. The summed E-state index contributed by atoms with van der Waals surface area (Å²) in [6.45, 7) is 11.3. The summed E-state index contributed by atoms with van der Waals surface area (Å²) in [4.78, 5) is 18.5. The second kappa shape index (κ2) is 6.43. The topological polar surface area (TPSA) is 67.9 Å². The average molecular weight is 339 g/mol. The molecule has 5 nitrogen and oxygen atoms in total. The number of nitrogens with two attached hydrogens (primary N) is 1. The van der Waals surface area contributed by atoms with E-state index in [-0.39, 0.29) is 17.4 Å². The summed E-state index contributed by atoms with van der Waals surface area (Å²) in [5.74, 6) is 0.936. The minimum absolute atomic E-state index is 0.202. The van der Waals surface area contributed by atoms with Crippen LogP contribution in [0.5, 0.6) is 0 Å². The van der Waals surface area contributed by atoms with Crippen molar-refractivity contribution < 1.29 is 9.53 Å². The maximum atomic E-state index is 12.1. The third-order valence-corrected chi connectivity index (χ3v) is 5.03.